The van der Waals surface area contributed by atoms with Crippen molar-refractivity contribution in [3.63, 3.8) is 0 Å². The highest BCUT2D eigenvalue weighted by atomic mass is 16.5. The summed E-state index contributed by atoms with van der Waals surface area (Å²) in [6, 6.07) is 16.0. The van der Waals surface area contributed by atoms with Gasteiger partial charge in [-0.25, -0.2) is 14.8 Å². The average molecular weight is 364 g/mol. The van der Waals surface area contributed by atoms with Crippen LogP contribution in [0.5, 0.6) is 0 Å². The number of hydrogen-bond acceptors (Lipinski definition) is 4. The molecular formula is C21H24N4O2. The second-order valence-electron chi connectivity index (χ2n) is 7.04. The van der Waals surface area contributed by atoms with E-state index in [1.807, 2.05) is 12.1 Å². The number of fused-ring (bicyclic) bond motifs is 1. The molecule has 1 heterocycles. The van der Waals surface area contributed by atoms with Gasteiger partial charge >= 0.3 is 6.03 Å². The van der Waals surface area contributed by atoms with Crippen molar-refractivity contribution in [1.82, 2.24) is 15.3 Å². The molecule has 2 N–H and O–H groups in total. The lowest BCUT2D eigenvalue weighted by Crippen LogP contribution is -2.39. The molecule has 0 spiro atoms. The van der Waals surface area contributed by atoms with Gasteiger partial charge in [0.2, 0.25) is 0 Å². The molecular weight excluding hydrogens is 340 g/mol. The van der Waals surface area contributed by atoms with Crippen LogP contribution in [0.3, 0.4) is 0 Å². The van der Waals surface area contributed by atoms with E-state index < -0.39 is 0 Å². The van der Waals surface area contributed by atoms with Crippen LogP contribution in [0.1, 0.15) is 25.2 Å². The monoisotopic (exact) mass is 364 g/mol. The quantitative estimate of drug-likeness (QED) is 0.696. The summed E-state index contributed by atoms with van der Waals surface area (Å²) in [6.07, 6.45) is 1.59. The first-order valence-electron chi connectivity index (χ1n) is 8.83. The second kappa shape index (κ2) is 8.14. The van der Waals surface area contributed by atoms with Gasteiger partial charge in [0.1, 0.15) is 12.4 Å². The Bertz CT molecular complexity index is 940. The van der Waals surface area contributed by atoms with E-state index in [2.05, 4.69) is 64.8 Å². The lowest BCUT2D eigenvalue weighted by atomic mass is 9.83. The minimum atomic E-state index is -0.300. The maximum atomic E-state index is 12.3. The minimum Gasteiger partial charge on any atom is -0.377 e. The van der Waals surface area contributed by atoms with E-state index in [-0.39, 0.29) is 11.4 Å². The fourth-order valence-corrected chi connectivity index (χ4v) is 2.84. The smallest absolute Gasteiger partial charge is 0.320 e. The topological polar surface area (TPSA) is 76.1 Å². The Morgan fingerprint density at radius 3 is 2.67 bits per heavy atom. The molecule has 27 heavy (non-hydrogen) atoms. The zero-order valence-corrected chi connectivity index (χ0v) is 15.8. The largest absolute Gasteiger partial charge is 0.377 e. The first-order valence-corrected chi connectivity index (χ1v) is 8.83. The zero-order valence-electron chi connectivity index (χ0n) is 15.8. The summed E-state index contributed by atoms with van der Waals surface area (Å²) in [4.78, 5) is 20.6. The number of amides is 2. The van der Waals surface area contributed by atoms with Crippen LogP contribution in [0.4, 0.5) is 10.6 Å². The zero-order chi connectivity index (χ0) is 19.3. The van der Waals surface area contributed by atoms with Crippen LogP contribution >= 0.6 is 0 Å². The van der Waals surface area contributed by atoms with E-state index in [1.165, 1.54) is 16.3 Å². The Hall–Kier alpha value is -2.99. The van der Waals surface area contributed by atoms with Gasteiger partial charge in [0, 0.05) is 25.3 Å². The van der Waals surface area contributed by atoms with Crippen molar-refractivity contribution in [2.24, 2.45) is 0 Å². The summed E-state index contributed by atoms with van der Waals surface area (Å²) in [5.41, 5.74) is 0.958. The molecule has 0 bridgehead atoms. The summed E-state index contributed by atoms with van der Waals surface area (Å²) in [5, 5.41) is 8.07. The predicted molar refractivity (Wildman–Crippen MR) is 107 cm³/mol. The van der Waals surface area contributed by atoms with Gasteiger partial charge in [0.25, 0.3) is 0 Å². The molecule has 6 nitrogen and oxygen atoms in total. The number of nitrogens with one attached hydrogen (secondary N) is 2. The molecule has 3 aromatic rings. The van der Waals surface area contributed by atoms with Crippen molar-refractivity contribution in [1.29, 1.82) is 0 Å². The van der Waals surface area contributed by atoms with E-state index in [4.69, 9.17) is 4.74 Å². The van der Waals surface area contributed by atoms with Crippen LogP contribution in [-0.2, 0) is 16.8 Å². The number of urea groups is 1. The van der Waals surface area contributed by atoms with E-state index >= 15 is 0 Å². The maximum absolute atomic E-state index is 12.3. The second-order valence-corrected chi connectivity index (χ2v) is 7.04. The molecule has 0 radical (unpaired) electrons. The summed E-state index contributed by atoms with van der Waals surface area (Å²) in [7, 11) is 1.57. The number of nitrogens with zero attached hydrogens (tertiary/aromatic N) is 2. The van der Waals surface area contributed by atoms with E-state index in [0.717, 1.165) is 0 Å². The van der Waals surface area contributed by atoms with Crippen molar-refractivity contribution in [2.45, 2.75) is 25.9 Å². The first-order chi connectivity index (χ1) is 13.0. The lowest BCUT2D eigenvalue weighted by molar-refractivity contribution is 0.178. The summed E-state index contributed by atoms with van der Waals surface area (Å²) in [5.74, 6) is 0.963. The molecule has 0 aliphatic heterocycles. The van der Waals surface area contributed by atoms with Crippen molar-refractivity contribution in [3.05, 3.63) is 66.1 Å². The van der Waals surface area contributed by atoms with Crippen LogP contribution in [0.2, 0.25) is 0 Å². The molecule has 0 saturated heterocycles. The number of anilines is 1. The molecule has 0 unspecified atom stereocenters. The molecule has 0 fully saturated rings. The Balaban J connectivity index is 1.63. The average Bonchev–Trinajstić information content (AvgIpc) is 2.67. The molecule has 140 valence electrons. The Morgan fingerprint density at radius 2 is 1.89 bits per heavy atom. The van der Waals surface area contributed by atoms with Gasteiger partial charge in [0.05, 0.1) is 0 Å². The molecule has 0 aliphatic rings. The Labute approximate surface area is 159 Å². The van der Waals surface area contributed by atoms with Crippen molar-refractivity contribution >= 4 is 22.6 Å². The standard InChI is InChI=1S/C21H24N4O2/c1-21(2,17-9-8-15-6-4-5-7-16(15)12-17)14-23-20(26)25-18-10-11-22-19(24-18)13-27-3/h4-12H,13-14H2,1-3H3,(H2,22,23,24,25,26). The summed E-state index contributed by atoms with van der Waals surface area (Å²) in [6.45, 7) is 5.01. The molecule has 3 rings (SSSR count). The van der Waals surface area contributed by atoms with Crippen LogP contribution in [-0.4, -0.2) is 29.7 Å². The molecule has 1 aromatic heterocycles. The predicted octanol–water partition coefficient (Wildman–Crippen LogP) is 3.88. The SMILES string of the molecule is COCc1nccc(NC(=O)NCC(C)(C)c2ccc3ccccc3c2)n1. The van der Waals surface area contributed by atoms with E-state index in [9.17, 15) is 4.79 Å². The highest BCUT2D eigenvalue weighted by molar-refractivity contribution is 5.88. The van der Waals surface area contributed by atoms with Gasteiger partial charge in [0.15, 0.2) is 5.82 Å². The van der Waals surface area contributed by atoms with E-state index in [0.29, 0.717) is 24.8 Å². The molecule has 6 heteroatoms. The number of hydrogen-bond donors (Lipinski definition) is 2. The number of benzene rings is 2. The number of ether oxygens (including phenoxy) is 1. The molecule has 0 saturated carbocycles. The third-order valence-electron chi connectivity index (χ3n) is 4.44. The van der Waals surface area contributed by atoms with Crippen LogP contribution < -0.4 is 10.6 Å². The Kier molecular flexibility index (Phi) is 5.66. The number of aromatic nitrogens is 2. The van der Waals surface area contributed by atoms with Gasteiger partial charge < -0.3 is 10.1 Å². The van der Waals surface area contributed by atoms with Crippen LogP contribution in [0.25, 0.3) is 10.8 Å². The minimum absolute atomic E-state index is 0.214. The highest BCUT2D eigenvalue weighted by Gasteiger charge is 2.22. The normalized spacial score (nSPS) is 11.4. The fourth-order valence-electron chi connectivity index (χ4n) is 2.84. The van der Waals surface area contributed by atoms with Crippen molar-refractivity contribution in [3.8, 4) is 0 Å². The van der Waals surface area contributed by atoms with E-state index in [1.54, 1.807) is 19.4 Å². The number of carbonyl (C=O) groups excluding carboxylic acids is 1. The van der Waals surface area contributed by atoms with Gasteiger partial charge in [-0.05, 0) is 22.4 Å². The molecule has 0 atom stereocenters. The van der Waals surface area contributed by atoms with Crippen LogP contribution in [0.15, 0.2) is 54.7 Å². The van der Waals surface area contributed by atoms with Gasteiger partial charge in [-0.3, -0.25) is 5.32 Å². The number of carbonyl (C=O) groups is 1. The molecule has 0 aliphatic carbocycles. The van der Waals surface area contributed by atoms with Crippen molar-refractivity contribution < 1.29 is 9.53 Å². The fraction of sp³-hybridized carbons (Fsp3) is 0.286. The summed E-state index contributed by atoms with van der Waals surface area (Å²) >= 11 is 0. The first kappa shape index (κ1) is 18.8. The van der Waals surface area contributed by atoms with Gasteiger partial charge in [-0.2, -0.15) is 0 Å². The van der Waals surface area contributed by atoms with Gasteiger partial charge in [-0.1, -0.05) is 56.3 Å². The summed E-state index contributed by atoms with van der Waals surface area (Å²) < 4.78 is 5.01. The molecule has 2 aromatic carbocycles. The Morgan fingerprint density at radius 1 is 1.11 bits per heavy atom. The maximum Gasteiger partial charge on any atom is 0.320 e. The van der Waals surface area contributed by atoms with Crippen molar-refractivity contribution in [2.75, 3.05) is 19.0 Å². The number of rotatable bonds is 6. The number of methoxy groups -OCH3 is 1. The van der Waals surface area contributed by atoms with Crippen LogP contribution in [0, 0.1) is 0 Å². The lowest BCUT2D eigenvalue weighted by Gasteiger charge is -2.26. The molecule has 2 amide bonds. The van der Waals surface area contributed by atoms with Gasteiger partial charge in [-0.15, -0.1) is 0 Å². The highest BCUT2D eigenvalue weighted by Crippen LogP contribution is 2.26. The third kappa shape index (κ3) is 4.80. The third-order valence-corrected chi connectivity index (χ3v) is 4.44.